The fourth-order valence-corrected chi connectivity index (χ4v) is 5.68. The number of aromatic amines is 1. The number of thioether (sulfide) groups is 1. The molecular formula is C25H16ClN5O2S2. The molecule has 0 aliphatic rings. The van der Waals surface area contributed by atoms with Crippen molar-refractivity contribution in [3.63, 3.8) is 0 Å². The van der Waals surface area contributed by atoms with Crippen LogP contribution in [0.25, 0.3) is 37.8 Å². The third-order valence-electron chi connectivity index (χ3n) is 5.45. The Morgan fingerprint density at radius 2 is 1.80 bits per heavy atom. The van der Waals surface area contributed by atoms with Crippen LogP contribution < -0.4 is 10.9 Å². The molecule has 7 nitrogen and oxygen atoms in total. The highest BCUT2D eigenvalue weighted by Gasteiger charge is 2.18. The largest absolute Gasteiger partial charge is 0.349 e. The second-order valence-electron chi connectivity index (χ2n) is 7.73. The third kappa shape index (κ3) is 4.07. The predicted molar refractivity (Wildman–Crippen MR) is 143 cm³/mol. The number of carbonyl (C=O) groups is 1. The molecule has 0 saturated heterocycles. The van der Waals surface area contributed by atoms with E-state index in [1.165, 1.54) is 27.7 Å². The Hall–Kier alpha value is -3.66. The minimum atomic E-state index is -0.248. The second-order valence-corrected chi connectivity index (χ2v) is 10.1. The number of nitrogens with zero attached hydrogens (tertiary/aromatic N) is 3. The van der Waals surface area contributed by atoms with Crippen LogP contribution in [0.2, 0.25) is 5.02 Å². The summed E-state index contributed by atoms with van der Waals surface area (Å²) in [5.74, 6) is -0.172. The van der Waals surface area contributed by atoms with E-state index in [1.54, 1.807) is 24.3 Å². The highest BCUT2D eigenvalue weighted by molar-refractivity contribution is 7.99. The van der Waals surface area contributed by atoms with Crippen molar-refractivity contribution in [1.29, 1.82) is 0 Å². The van der Waals surface area contributed by atoms with Gasteiger partial charge in [0.05, 0.1) is 21.7 Å². The van der Waals surface area contributed by atoms with Gasteiger partial charge in [-0.3, -0.25) is 14.2 Å². The summed E-state index contributed by atoms with van der Waals surface area (Å²) in [6.45, 7) is 0. The Kier molecular flexibility index (Phi) is 5.52. The Bertz CT molecular complexity index is 1760. The van der Waals surface area contributed by atoms with Crippen LogP contribution in [0, 0.1) is 0 Å². The summed E-state index contributed by atoms with van der Waals surface area (Å²) in [6.07, 6.45) is 0. The van der Waals surface area contributed by atoms with Gasteiger partial charge < -0.3 is 10.3 Å². The van der Waals surface area contributed by atoms with E-state index in [9.17, 15) is 9.59 Å². The lowest BCUT2D eigenvalue weighted by Gasteiger charge is -2.12. The van der Waals surface area contributed by atoms with Gasteiger partial charge in [0.2, 0.25) is 5.91 Å². The molecule has 0 saturated carbocycles. The van der Waals surface area contributed by atoms with Crippen molar-refractivity contribution in [3.05, 3.63) is 88.2 Å². The molecule has 2 N–H and O–H groups in total. The van der Waals surface area contributed by atoms with Crippen molar-refractivity contribution in [3.8, 4) is 5.69 Å². The zero-order chi connectivity index (χ0) is 23.9. The number of aromatic nitrogens is 4. The van der Waals surface area contributed by atoms with E-state index >= 15 is 0 Å². The first-order valence-electron chi connectivity index (χ1n) is 10.6. The summed E-state index contributed by atoms with van der Waals surface area (Å²) < 4.78 is 2.50. The number of benzene rings is 3. The lowest BCUT2D eigenvalue weighted by Crippen LogP contribution is -2.23. The zero-order valence-corrected chi connectivity index (χ0v) is 20.4. The molecule has 172 valence electrons. The Morgan fingerprint density at radius 1 is 1.03 bits per heavy atom. The number of para-hydroxylation sites is 2. The van der Waals surface area contributed by atoms with Gasteiger partial charge in [-0.2, -0.15) is 0 Å². The maximum absolute atomic E-state index is 13.6. The van der Waals surface area contributed by atoms with Crippen molar-refractivity contribution in [2.75, 3.05) is 11.1 Å². The maximum Gasteiger partial charge on any atom is 0.283 e. The van der Waals surface area contributed by atoms with Gasteiger partial charge >= 0.3 is 0 Å². The van der Waals surface area contributed by atoms with E-state index in [1.807, 2.05) is 48.5 Å². The molecule has 0 aliphatic carbocycles. The quantitative estimate of drug-likeness (QED) is 0.221. The van der Waals surface area contributed by atoms with Crippen LogP contribution in [0.4, 0.5) is 5.13 Å². The van der Waals surface area contributed by atoms with Crippen molar-refractivity contribution >= 4 is 77.9 Å². The predicted octanol–water partition coefficient (Wildman–Crippen LogP) is 5.86. The molecule has 0 spiro atoms. The second kappa shape index (κ2) is 8.84. The molecule has 6 aromatic rings. The Balaban J connectivity index is 1.37. The van der Waals surface area contributed by atoms with E-state index < -0.39 is 0 Å². The number of amides is 1. The van der Waals surface area contributed by atoms with Crippen LogP contribution >= 0.6 is 34.7 Å². The fraction of sp³-hybridized carbons (Fsp3) is 0.0400. The average Bonchev–Trinajstić information content (AvgIpc) is 3.44. The van der Waals surface area contributed by atoms with E-state index in [0.29, 0.717) is 32.0 Å². The van der Waals surface area contributed by atoms with Crippen LogP contribution in [0.5, 0.6) is 0 Å². The number of nitrogens with one attached hydrogen (secondary N) is 2. The molecule has 0 fully saturated rings. The Labute approximate surface area is 211 Å². The fourth-order valence-electron chi connectivity index (χ4n) is 3.87. The average molecular weight is 518 g/mol. The lowest BCUT2D eigenvalue weighted by molar-refractivity contribution is -0.113. The van der Waals surface area contributed by atoms with Gasteiger partial charge in [0, 0.05) is 15.9 Å². The molecule has 0 radical (unpaired) electrons. The van der Waals surface area contributed by atoms with E-state index in [-0.39, 0.29) is 17.2 Å². The molecule has 3 heterocycles. The summed E-state index contributed by atoms with van der Waals surface area (Å²) in [7, 11) is 0. The van der Waals surface area contributed by atoms with E-state index in [2.05, 4.69) is 15.3 Å². The summed E-state index contributed by atoms with van der Waals surface area (Å²) in [5, 5.41) is 5.21. The first-order chi connectivity index (χ1) is 17.1. The monoisotopic (exact) mass is 517 g/mol. The van der Waals surface area contributed by atoms with Crippen LogP contribution in [0.15, 0.2) is 82.7 Å². The molecule has 0 bridgehead atoms. The number of hydrogen-bond acceptors (Lipinski definition) is 6. The number of anilines is 1. The first kappa shape index (κ1) is 21.8. The molecule has 0 atom stereocenters. The highest BCUT2D eigenvalue weighted by Crippen LogP contribution is 2.28. The van der Waals surface area contributed by atoms with Crippen LogP contribution in [0.3, 0.4) is 0 Å². The molecule has 3 aromatic carbocycles. The molecule has 0 aliphatic heterocycles. The SMILES string of the molecule is O=C(CSc1nc2c([nH]c3ccccc32)c(=O)n1-c1ccc(Cl)cc1)Nc1nc2ccccc2s1. The minimum Gasteiger partial charge on any atom is -0.349 e. The van der Waals surface area contributed by atoms with Gasteiger partial charge in [-0.15, -0.1) is 0 Å². The molecule has 10 heteroatoms. The zero-order valence-electron chi connectivity index (χ0n) is 18.0. The van der Waals surface area contributed by atoms with Crippen LogP contribution in [0.1, 0.15) is 0 Å². The number of rotatable bonds is 5. The number of thiazole rings is 1. The van der Waals surface area contributed by atoms with Crippen molar-refractivity contribution in [2.24, 2.45) is 0 Å². The molecule has 6 rings (SSSR count). The van der Waals surface area contributed by atoms with Gasteiger partial charge in [-0.1, -0.05) is 65.0 Å². The van der Waals surface area contributed by atoms with Gasteiger partial charge in [0.25, 0.3) is 5.56 Å². The van der Waals surface area contributed by atoms with Crippen molar-refractivity contribution in [1.82, 2.24) is 19.5 Å². The lowest BCUT2D eigenvalue weighted by atomic mass is 10.2. The normalized spacial score (nSPS) is 11.5. The first-order valence-corrected chi connectivity index (χ1v) is 12.8. The minimum absolute atomic E-state index is 0.0593. The molecule has 3 aromatic heterocycles. The molecule has 0 unspecified atom stereocenters. The number of hydrogen-bond donors (Lipinski definition) is 2. The summed E-state index contributed by atoms with van der Waals surface area (Å²) in [4.78, 5) is 38.8. The van der Waals surface area contributed by atoms with Gasteiger partial charge in [0.15, 0.2) is 10.3 Å². The molecule has 1 amide bonds. The summed E-state index contributed by atoms with van der Waals surface area (Å²) >= 11 is 8.67. The highest BCUT2D eigenvalue weighted by atomic mass is 35.5. The van der Waals surface area contributed by atoms with Gasteiger partial charge in [-0.05, 0) is 42.5 Å². The van der Waals surface area contributed by atoms with E-state index in [0.717, 1.165) is 21.1 Å². The molecular weight excluding hydrogens is 502 g/mol. The van der Waals surface area contributed by atoms with Gasteiger partial charge in [0.1, 0.15) is 11.0 Å². The number of carbonyl (C=O) groups excluding carboxylic acids is 1. The van der Waals surface area contributed by atoms with Crippen LogP contribution in [-0.4, -0.2) is 31.2 Å². The van der Waals surface area contributed by atoms with Crippen LogP contribution in [-0.2, 0) is 4.79 Å². The smallest absolute Gasteiger partial charge is 0.283 e. The summed E-state index contributed by atoms with van der Waals surface area (Å²) in [6, 6.07) is 22.3. The topological polar surface area (TPSA) is 92.7 Å². The molecule has 35 heavy (non-hydrogen) atoms. The van der Waals surface area contributed by atoms with Gasteiger partial charge in [-0.25, -0.2) is 9.97 Å². The maximum atomic E-state index is 13.6. The van der Waals surface area contributed by atoms with E-state index in [4.69, 9.17) is 16.6 Å². The standard InChI is InChI=1S/C25H16ClN5O2S2/c26-14-9-11-15(12-10-14)31-23(33)22-21(16-5-1-2-6-17(16)27-22)30-25(31)34-13-20(32)29-24-28-18-7-3-4-8-19(18)35-24/h1-12,27H,13H2,(H,28,29,32). The van der Waals surface area contributed by atoms with Crippen molar-refractivity contribution < 1.29 is 4.79 Å². The Morgan fingerprint density at radius 3 is 2.63 bits per heavy atom. The third-order valence-corrected chi connectivity index (χ3v) is 7.59. The number of fused-ring (bicyclic) bond motifs is 4. The number of H-pyrrole nitrogens is 1. The number of halogens is 1. The van der Waals surface area contributed by atoms with Crippen molar-refractivity contribution in [2.45, 2.75) is 5.16 Å². The summed E-state index contributed by atoms with van der Waals surface area (Å²) in [5.41, 5.74) is 3.01.